The molecular weight excluding hydrogens is 416 g/mol. The molecule has 6 heteroatoms. The van der Waals surface area contributed by atoms with Crippen LogP contribution in [0.15, 0.2) is 79.0 Å². The molecule has 32 heavy (non-hydrogen) atoms. The van der Waals surface area contributed by atoms with Gasteiger partial charge in [-0.2, -0.15) is 0 Å². The van der Waals surface area contributed by atoms with E-state index in [9.17, 15) is 4.79 Å². The Morgan fingerprint density at radius 1 is 1.06 bits per heavy atom. The van der Waals surface area contributed by atoms with Gasteiger partial charge < -0.3 is 9.62 Å². The molecule has 160 valence electrons. The van der Waals surface area contributed by atoms with Crippen LogP contribution in [0, 0.1) is 6.92 Å². The predicted octanol–water partition coefficient (Wildman–Crippen LogP) is 5.83. The topological polar surface area (TPSA) is 57.3 Å². The molecule has 3 aromatic carbocycles. The van der Waals surface area contributed by atoms with Gasteiger partial charge in [-0.1, -0.05) is 30.3 Å². The Balaban J connectivity index is 1.38. The van der Waals surface area contributed by atoms with Crippen molar-refractivity contribution in [1.29, 1.82) is 0 Å². The van der Waals surface area contributed by atoms with Gasteiger partial charge >= 0.3 is 0 Å². The van der Waals surface area contributed by atoms with Crippen LogP contribution in [-0.2, 0) is 0 Å². The fourth-order valence-corrected chi connectivity index (χ4v) is 4.76. The number of hydrogen-bond donors (Lipinski definition) is 2. The molecule has 5 rings (SSSR count). The highest BCUT2D eigenvalue weighted by Gasteiger charge is 2.14. The summed E-state index contributed by atoms with van der Waals surface area (Å²) in [5, 5.41) is 5.29. The van der Waals surface area contributed by atoms with E-state index in [1.54, 1.807) is 12.1 Å². The zero-order valence-electron chi connectivity index (χ0n) is 17.8. The van der Waals surface area contributed by atoms with Gasteiger partial charge in [0.25, 0.3) is 5.91 Å². The van der Waals surface area contributed by atoms with Gasteiger partial charge in [-0.05, 0) is 66.8 Å². The lowest BCUT2D eigenvalue weighted by Crippen LogP contribution is -2.29. The van der Waals surface area contributed by atoms with Crippen molar-refractivity contribution in [2.45, 2.75) is 13.3 Å². The van der Waals surface area contributed by atoms with Crippen LogP contribution in [0.4, 0.5) is 11.4 Å². The van der Waals surface area contributed by atoms with E-state index in [0.29, 0.717) is 5.56 Å². The monoisotopic (exact) mass is 440 g/mol. The summed E-state index contributed by atoms with van der Waals surface area (Å²) in [6, 6.07) is 24.0. The number of pyridine rings is 1. The zero-order chi connectivity index (χ0) is 21.9. The van der Waals surface area contributed by atoms with Crippen molar-refractivity contribution in [1.82, 2.24) is 9.71 Å². The Morgan fingerprint density at radius 3 is 2.72 bits per heavy atom. The van der Waals surface area contributed by atoms with Gasteiger partial charge in [0.1, 0.15) is 0 Å². The second-order valence-electron chi connectivity index (χ2n) is 7.85. The molecule has 1 saturated heterocycles. The largest absolute Gasteiger partial charge is 0.322 e. The van der Waals surface area contributed by atoms with Crippen molar-refractivity contribution < 1.29 is 4.79 Å². The smallest absolute Gasteiger partial charge is 0.255 e. The molecule has 0 aliphatic carbocycles. The summed E-state index contributed by atoms with van der Waals surface area (Å²) in [5.74, 6) is -0.123. The molecule has 2 N–H and O–H groups in total. The van der Waals surface area contributed by atoms with Gasteiger partial charge in [0.2, 0.25) is 0 Å². The number of nitrogens with one attached hydrogen (secondary N) is 2. The molecule has 0 radical (unpaired) electrons. The van der Waals surface area contributed by atoms with Gasteiger partial charge in [-0.25, -0.2) is 4.72 Å². The van der Waals surface area contributed by atoms with Crippen LogP contribution < -0.4 is 14.3 Å². The number of fused-ring (bicyclic) bond motifs is 1. The Bertz CT molecular complexity index is 1260. The maximum absolute atomic E-state index is 12.9. The lowest BCUT2D eigenvalue weighted by molar-refractivity contribution is 0.102. The number of nitrogens with zero attached hydrogens (tertiary/aromatic N) is 2. The summed E-state index contributed by atoms with van der Waals surface area (Å²) < 4.78 is 5.50. The number of rotatable bonds is 4. The highest BCUT2D eigenvalue weighted by Crippen LogP contribution is 2.31. The van der Waals surface area contributed by atoms with Crippen LogP contribution in [-0.4, -0.2) is 24.0 Å². The van der Waals surface area contributed by atoms with Crippen LogP contribution in [0.5, 0.6) is 0 Å². The highest BCUT2D eigenvalue weighted by molar-refractivity contribution is 7.98. The Hall–Kier alpha value is -3.35. The first kappa shape index (κ1) is 20.5. The minimum absolute atomic E-state index is 0.123. The third kappa shape index (κ3) is 4.20. The molecule has 0 spiro atoms. The average molecular weight is 441 g/mol. The molecule has 5 nitrogen and oxygen atoms in total. The first-order valence-corrected chi connectivity index (χ1v) is 11.5. The van der Waals surface area contributed by atoms with E-state index < -0.39 is 0 Å². The van der Waals surface area contributed by atoms with Gasteiger partial charge in [0, 0.05) is 59.3 Å². The third-order valence-corrected chi connectivity index (χ3v) is 6.60. The number of carbonyl (C=O) groups excluding carboxylic acids is 1. The number of amides is 1. The predicted molar refractivity (Wildman–Crippen MR) is 134 cm³/mol. The third-order valence-electron chi connectivity index (χ3n) is 5.66. The molecule has 0 atom stereocenters. The van der Waals surface area contributed by atoms with E-state index in [4.69, 9.17) is 0 Å². The van der Waals surface area contributed by atoms with Gasteiger partial charge in [-0.15, -0.1) is 0 Å². The average Bonchev–Trinajstić information content (AvgIpc) is 2.85. The van der Waals surface area contributed by atoms with Crippen LogP contribution in [0.25, 0.3) is 22.0 Å². The molecule has 4 aromatic rings. The lowest BCUT2D eigenvalue weighted by Gasteiger charge is -2.27. The Morgan fingerprint density at radius 2 is 1.91 bits per heavy atom. The second-order valence-corrected chi connectivity index (χ2v) is 8.76. The van der Waals surface area contributed by atoms with Crippen LogP contribution in [0.2, 0.25) is 0 Å². The molecule has 1 aliphatic heterocycles. The van der Waals surface area contributed by atoms with E-state index in [-0.39, 0.29) is 5.91 Å². The maximum atomic E-state index is 12.9. The van der Waals surface area contributed by atoms with E-state index in [2.05, 4.69) is 38.4 Å². The fraction of sp³-hybridized carbons (Fsp3) is 0.154. The number of benzene rings is 3. The fourth-order valence-electron chi connectivity index (χ4n) is 3.92. The van der Waals surface area contributed by atoms with Gasteiger partial charge in [0.15, 0.2) is 0 Å². The second kappa shape index (κ2) is 9.02. The molecule has 0 unspecified atom stereocenters. The molecule has 1 fully saturated rings. The van der Waals surface area contributed by atoms with Crippen molar-refractivity contribution in [3.05, 3.63) is 90.1 Å². The molecule has 1 aromatic heterocycles. The molecule has 2 heterocycles. The summed E-state index contributed by atoms with van der Waals surface area (Å²) >= 11 is 1.61. The van der Waals surface area contributed by atoms with Crippen molar-refractivity contribution >= 4 is 40.2 Å². The minimum atomic E-state index is -0.123. The minimum Gasteiger partial charge on any atom is -0.322 e. The number of aryl methyl sites for hydroxylation is 1. The standard InChI is InChI=1S/C26H24N4OS/c1-18-7-10-21(17-24(18)25-23-6-3-2-5-19(23)13-15-27-25)29-26(31)20-8-11-22(12-9-20)30-16-4-14-28-32-30/h2-3,5-13,15,17,28H,4,14,16H2,1H3,(H,29,31). The quantitative estimate of drug-likeness (QED) is 0.391. The van der Waals surface area contributed by atoms with Crippen LogP contribution in [0.1, 0.15) is 22.3 Å². The molecule has 0 bridgehead atoms. The number of anilines is 2. The van der Waals surface area contributed by atoms with Gasteiger partial charge in [0.05, 0.1) is 5.69 Å². The molecule has 0 saturated carbocycles. The van der Waals surface area contributed by atoms with Crippen molar-refractivity contribution in [3.63, 3.8) is 0 Å². The summed E-state index contributed by atoms with van der Waals surface area (Å²) in [6.45, 7) is 4.09. The van der Waals surface area contributed by atoms with Gasteiger partial charge in [-0.3, -0.25) is 9.78 Å². The Labute approximate surface area is 192 Å². The van der Waals surface area contributed by atoms with E-state index >= 15 is 0 Å². The van der Waals surface area contributed by atoms with Crippen molar-refractivity contribution in [3.8, 4) is 11.3 Å². The summed E-state index contributed by atoms with van der Waals surface area (Å²) in [7, 11) is 0. The molecule has 1 amide bonds. The molecular formula is C26H24N4OS. The normalized spacial score (nSPS) is 13.8. The van der Waals surface area contributed by atoms with Crippen LogP contribution in [0.3, 0.4) is 0 Å². The van der Waals surface area contributed by atoms with E-state index in [1.165, 1.54) is 0 Å². The van der Waals surface area contributed by atoms with Crippen molar-refractivity contribution in [2.24, 2.45) is 0 Å². The Kier molecular flexibility index (Phi) is 5.79. The SMILES string of the molecule is Cc1ccc(NC(=O)c2ccc(N3CCCNS3)cc2)cc1-c1nccc2ccccc12. The molecule has 1 aliphatic rings. The van der Waals surface area contributed by atoms with Crippen molar-refractivity contribution in [2.75, 3.05) is 22.7 Å². The highest BCUT2D eigenvalue weighted by atomic mass is 32.2. The summed E-state index contributed by atoms with van der Waals surface area (Å²) in [6.07, 6.45) is 2.94. The number of carbonyl (C=O) groups is 1. The number of aromatic nitrogens is 1. The maximum Gasteiger partial charge on any atom is 0.255 e. The lowest BCUT2D eigenvalue weighted by atomic mass is 9.99. The number of hydrogen-bond acceptors (Lipinski definition) is 5. The summed E-state index contributed by atoms with van der Waals surface area (Å²) in [4.78, 5) is 17.5. The van der Waals surface area contributed by atoms with E-state index in [0.717, 1.165) is 58.5 Å². The summed E-state index contributed by atoms with van der Waals surface area (Å²) in [5.41, 5.74) is 5.54. The van der Waals surface area contributed by atoms with E-state index in [1.807, 2.05) is 66.9 Å². The van der Waals surface area contributed by atoms with Crippen LogP contribution >= 0.6 is 12.1 Å². The first-order chi connectivity index (χ1) is 15.7. The zero-order valence-corrected chi connectivity index (χ0v) is 18.7. The first-order valence-electron chi connectivity index (χ1n) is 10.7.